The number of fused-ring (bicyclic) bond motifs is 3. The molecule has 0 saturated heterocycles. The van der Waals surface area contributed by atoms with Gasteiger partial charge < -0.3 is 15.0 Å². The quantitative estimate of drug-likeness (QED) is 0.711. The van der Waals surface area contributed by atoms with Gasteiger partial charge in [-0.05, 0) is 12.1 Å². The molecular weight excluding hydrogens is 236 g/mol. The van der Waals surface area contributed by atoms with Crippen molar-refractivity contribution in [3.05, 3.63) is 48.5 Å². The lowest BCUT2D eigenvalue weighted by atomic mass is 10.2. The minimum absolute atomic E-state index is 0.577. The van der Waals surface area contributed by atoms with Crippen LogP contribution >= 0.6 is 0 Å². The van der Waals surface area contributed by atoms with Gasteiger partial charge in [-0.1, -0.05) is 36.4 Å². The van der Waals surface area contributed by atoms with E-state index in [0.29, 0.717) is 19.8 Å². The summed E-state index contributed by atoms with van der Waals surface area (Å²) in [6, 6.07) is 17.0. The molecule has 0 aliphatic carbocycles. The van der Waals surface area contributed by atoms with Gasteiger partial charge in [0.25, 0.3) is 0 Å². The highest BCUT2D eigenvalue weighted by Crippen LogP contribution is 2.28. The summed E-state index contributed by atoms with van der Waals surface area (Å²) < 4.78 is 7.83. The maximum Gasteiger partial charge on any atom is 0.0646 e. The van der Waals surface area contributed by atoms with E-state index in [1.165, 1.54) is 21.8 Å². The third-order valence-electron chi connectivity index (χ3n) is 3.40. The van der Waals surface area contributed by atoms with Crippen molar-refractivity contribution < 1.29 is 4.74 Å². The highest BCUT2D eigenvalue weighted by atomic mass is 16.5. The highest BCUT2D eigenvalue weighted by Gasteiger charge is 2.08. The van der Waals surface area contributed by atoms with E-state index >= 15 is 0 Å². The van der Waals surface area contributed by atoms with Crippen LogP contribution in [0.25, 0.3) is 21.8 Å². The Morgan fingerprint density at radius 2 is 1.42 bits per heavy atom. The molecule has 0 aliphatic rings. The van der Waals surface area contributed by atoms with E-state index in [9.17, 15) is 0 Å². The Morgan fingerprint density at radius 1 is 0.842 bits per heavy atom. The molecule has 3 aromatic rings. The third-order valence-corrected chi connectivity index (χ3v) is 3.40. The van der Waals surface area contributed by atoms with Crippen LogP contribution in [-0.2, 0) is 11.3 Å². The fourth-order valence-electron chi connectivity index (χ4n) is 2.59. The first-order valence-electron chi connectivity index (χ1n) is 6.65. The number of hydrogen-bond acceptors (Lipinski definition) is 2. The van der Waals surface area contributed by atoms with Crippen molar-refractivity contribution >= 4 is 21.8 Å². The molecule has 3 rings (SSSR count). The van der Waals surface area contributed by atoms with Gasteiger partial charge in [-0.25, -0.2) is 0 Å². The van der Waals surface area contributed by atoms with Gasteiger partial charge in [0, 0.05) is 34.9 Å². The van der Waals surface area contributed by atoms with Crippen molar-refractivity contribution in [2.75, 3.05) is 19.8 Å². The zero-order valence-corrected chi connectivity index (χ0v) is 10.9. The summed E-state index contributed by atoms with van der Waals surface area (Å²) in [6.07, 6.45) is 0. The van der Waals surface area contributed by atoms with E-state index in [2.05, 4.69) is 53.1 Å². The Kier molecular flexibility index (Phi) is 3.49. The second-order valence-corrected chi connectivity index (χ2v) is 4.59. The zero-order valence-electron chi connectivity index (χ0n) is 10.9. The van der Waals surface area contributed by atoms with Crippen molar-refractivity contribution in [2.24, 2.45) is 5.73 Å². The zero-order chi connectivity index (χ0) is 13.1. The molecule has 1 aromatic heterocycles. The first-order valence-corrected chi connectivity index (χ1v) is 6.65. The van der Waals surface area contributed by atoms with Gasteiger partial charge in [0.1, 0.15) is 0 Å². The first-order chi connectivity index (χ1) is 9.42. The molecule has 0 aliphatic heterocycles. The maximum absolute atomic E-state index is 5.51. The average molecular weight is 254 g/mol. The monoisotopic (exact) mass is 254 g/mol. The topological polar surface area (TPSA) is 40.2 Å². The second-order valence-electron chi connectivity index (χ2n) is 4.59. The van der Waals surface area contributed by atoms with Gasteiger partial charge in [-0.15, -0.1) is 0 Å². The summed E-state index contributed by atoms with van der Waals surface area (Å²) in [5.74, 6) is 0. The van der Waals surface area contributed by atoms with E-state index in [-0.39, 0.29) is 0 Å². The molecule has 0 bridgehead atoms. The van der Waals surface area contributed by atoms with Crippen LogP contribution in [0.4, 0.5) is 0 Å². The number of aromatic nitrogens is 1. The molecule has 1 heterocycles. The lowest BCUT2D eigenvalue weighted by molar-refractivity contribution is 0.135. The molecule has 0 unspecified atom stereocenters. The largest absolute Gasteiger partial charge is 0.378 e. The molecule has 3 nitrogen and oxygen atoms in total. The number of hydrogen-bond donors (Lipinski definition) is 1. The molecule has 0 spiro atoms. The fraction of sp³-hybridized carbons (Fsp3) is 0.250. The second kappa shape index (κ2) is 5.43. The summed E-state index contributed by atoms with van der Waals surface area (Å²) in [5, 5.41) is 2.61. The molecule has 0 fully saturated rings. The molecule has 2 N–H and O–H groups in total. The van der Waals surface area contributed by atoms with Gasteiger partial charge >= 0.3 is 0 Å². The summed E-state index contributed by atoms with van der Waals surface area (Å²) in [7, 11) is 0. The lowest BCUT2D eigenvalue weighted by Gasteiger charge is -2.07. The fourth-order valence-corrected chi connectivity index (χ4v) is 2.59. The van der Waals surface area contributed by atoms with Crippen LogP contribution in [-0.4, -0.2) is 24.3 Å². The minimum atomic E-state index is 0.577. The Bertz CT molecular complexity index is 634. The normalized spacial score (nSPS) is 11.4. The van der Waals surface area contributed by atoms with Crippen molar-refractivity contribution in [3.8, 4) is 0 Å². The van der Waals surface area contributed by atoms with Gasteiger partial charge in [0.2, 0.25) is 0 Å². The predicted molar refractivity (Wildman–Crippen MR) is 79.3 cm³/mol. The lowest BCUT2D eigenvalue weighted by Crippen LogP contribution is -2.12. The van der Waals surface area contributed by atoms with Gasteiger partial charge in [0.15, 0.2) is 0 Å². The molecule has 0 atom stereocenters. The molecule has 0 saturated carbocycles. The van der Waals surface area contributed by atoms with Crippen molar-refractivity contribution in [3.63, 3.8) is 0 Å². The minimum Gasteiger partial charge on any atom is -0.378 e. The highest BCUT2D eigenvalue weighted by molar-refractivity contribution is 6.07. The van der Waals surface area contributed by atoms with Crippen LogP contribution in [0.1, 0.15) is 0 Å². The first kappa shape index (κ1) is 12.2. The molecule has 19 heavy (non-hydrogen) atoms. The van der Waals surface area contributed by atoms with Crippen molar-refractivity contribution in [1.29, 1.82) is 0 Å². The number of para-hydroxylation sites is 2. The van der Waals surface area contributed by atoms with Crippen LogP contribution in [0.5, 0.6) is 0 Å². The Hall–Kier alpha value is -1.84. The third kappa shape index (κ3) is 2.23. The summed E-state index contributed by atoms with van der Waals surface area (Å²) in [4.78, 5) is 0. The number of nitrogens with zero attached hydrogens (tertiary/aromatic N) is 1. The van der Waals surface area contributed by atoms with Crippen molar-refractivity contribution in [2.45, 2.75) is 6.54 Å². The van der Waals surface area contributed by atoms with Crippen LogP contribution < -0.4 is 5.73 Å². The van der Waals surface area contributed by atoms with Gasteiger partial charge in [-0.2, -0.15) is 0 Å². The van der Waals surface area contributed by atoms with E-state index < -0.39 is 0 Å². The number of nitrogens with two attached hydrogens (primary N) is 1. The number of rotatable bonds is 5. The Morgan fingerprint density at radius 3 is 2.00 bits per heavy atom. The maximum atomic E-state index is 5.51. The number of benzene rings is 2. The van der Waals surface area contributed by atoms with Gasteiger partial charge in [-0.3, -0.25) is 0 Å². The van der Waals surface area contributed by atoms with Crippen molar-refractivity contribution in [1.82, 2.24) is 4.57 Å². The van der Waals surface area contributed by atoms with E-state index in [1.54, 1.807) is 0 Å². The standard InChI is InChI=1S/C16H18N2O/c17-9-11-19-12-10-18-15-7-3-1-5-13(15)14-6-2-4-8-16(14)18/h1-8H,9-12,17H2. The summed E-state index contributed by atoms with van der Waals surface area (Å²) in [5.41, 5.74) is 7.97. The SMILES string of the molecule is NCCOCCn1c2ccccc2c2ccccc21. The predicted octanol–water partition coefficient (Wildman–Crippen LogP) is 2.77. The Balaban J connectivity index is 2.04. The van der Waals surface area contributed by atoms with E-state index in [4.69, 9.17) is 10.5 Å². The van der Waals surface area contributed by atoms with E-state index in [0.717, 1.165) is 6.54 Å². The van der Waals surface area contributed by atoms with E-state index in [1.807, 2.05) is 0 Å². The molecule has 3 heteroatoms. The average Bonchev–Trinajstić information content (AvgIpc) is 2.78. The molecule has 2 aromatic carbocycles. The number of ether oxygens (including phenoxy) is 1. The molecule has 98 valence electrons. The van der Waals surface area contributed by atoms with Crippen LogP contribution in [0.15, 0.2) is 48.5 Å². The summed E-state index contributed by atoms with van der Waals surface area (Å²) in [6.45, 7) is 2.75. The van der Waals surface area contributed by atoms with Crippen LogP contribution in [0.3, 0.4) is 0 Å². The Labute approximate surface area is 112 Å². The molecular formula is C16H18N2O. The van der Waals surface area contributed by atoms with Gasteiger partial charge in [0.05, 0.1) is 13.2 Å². The molecule has 0 amide bonds. The van der Waals surface area contributed by atoms with Crippen LogP contribution in [0, 0.1) is 0 Å². The smallest absolute Gasteiger partial charge is 0.0646 e. The molecule has 0 radical (unpaired) electrons. The summed E-state index contributed by atoms with van der Waals surface area (Å²) >= 11 is 0. The van der Waals surface area contributed by atoms with Crippen LogP contribution in [0.2, 0.25) is 0 Å².